The predicted octanol–water partition coefficient (Wildman–Crippen LogP) is 5.37. The molecule has 3 rings (SSSR count). The van der Waals surface area contributed by atoms with Crippen LogP contribution in [0.2, 0.25) is 5.02 Å². The second-order valence-corrected chi connectivity index (χ2v) is 8.18. The molecule has 0 saturated carbocycles. The van der Waals surface area contributed by atoms with Gasteiger partial charge in [0.2, 0.25) is 5.91 Å². The average molecular weight is 452 g/mol. The number of benzene rings is 3. The normalized spacial score (nSPS) is 11.1. The molecule has 0 atom stereocenters. The van der Waals surface area contributed by atoms with Crippen molar-refractivity contribution >= 4 is 46.6 Å². The molecule has 0 bridgehead atoms. The number of halogens is 1. The molecule has 0 aliphatic rings. The topological polar surface area (TPSA) is 70.6 Å². The number of hydrazone groups is 1. The predicted molar refractivity (Wildman–Crippen MR) is 129 cm³/mol. The SMILES string of the molecule is C/C(=N/NC(=O)CSCc1cccc(Cl)c1)c1cccc(NC(=O)c2ccccc2)c1. The second kappa shape index (κ2) is 11.3. The van der Waals surface area contributed by atoms with E-state index in [9.17, 15) is 9.59 Å². The Morgan fingerprint density at radius 2 is 1.68 bits per heavy atom. The van der Waals surface area contributed by atoms with Crippen LogP contribution in [-0.2, 0) is 10.5 Å². The molecule has 0 aliphatic heterocycles. The zero-order valence-electron chi connectivity index (χ0n) is 17.0. The van der Waals surface area contributed by atoms with Crippen molar-refractivity contribution in [2.75, 3.05) is 11.1 Å². The van der Waals surface area contributed by atoms with Crippen molar-refractivity contribution in [1.82, 2.24) is 5.43 Å². The minimum atomic E-state index is -0.183. The molecule has 7 heteroatoms. The van der Waals surface area contributed by atoms with Crippen LogP contribution in [0.5, 0.6) is 0 Å². The Bertz CT molecular complexity index is 1090. The van der Waals surface area contributed by atoms with Crippen molar-refractivity contribution in [3.63, 3.8) is 0 Å². The summed E-state index contributed by atoms with van der Waals surface area (Å²) in [6, 6.07) is 23.9. The van der Waals surface area contributed by atoms with Gasteiger partial charge in [0.05, 0.1) is 11.5 Å². The fourth-order valence-electron chi connectivity index (χ4n) is 2.75. The van der Waals surface area contributed by atoms with Gasteiger partial charge in [-0.3, -0.25) is 9.59 Å². The van der Waals surface area contributed by atoms with E-state index in [1.807, 2.05) is 66.7 Å². The summed E-state index contributed by atoms with van der Waals surface area (Å²) < 4.78 is 0. The van der Waals surface area contributed by atoms with Gasteiger partial charge < -0.3 is 5.32 Å². The van der Waals surface area contributed by atoms with Gasteiger partial charge in [-0.2, -0.15) is 5.10 Å². The van der Waals surface area contributed by atoms with E-state index in [2.05, 4.69) is 15.8 Å². The van der Waals surface area contributed by atoms with E-state index in [0.717, 1.165) is 11.1 Å². The quantitative estimate of drug-likeness (QED) is 0.357. The standard InChI is InChI=1S/C24H22ClN3O2S/c1-17(27-28-23(29)16-31-15-18-7-5-11-21(25)13-18)20-10-6-12-22(14-20)26-24(30)19-8-3-2-4-9-19/h2-14H,15-16H2,1H3,(H,26,30)(H,28,29)/b27-17-. The molecular weight excluding hydrogens is 430 g/mol. The van der Waals surface area contributed by atoms with Crippen LogP contribution in [0.1, 0.15) is 28.4 Å². The van der Waals surface area contributed by atoms with E-state index in [0.29, 0.717) is 27.7 Å². The molecule has 3 aromatic carbocycles. The number of rotatable bonds is 8. The minimum Gasteiger partial charge on any atom is -0.322 e. The molecule has 2 N–H and O–H groups in total. The van der Waals surface area contributed by atoms with E-state index in [1.165, 1.54) is 11.8 Å². The molecule has 0 aliphatic carbocycles. The highest BCUT2D eigenvalue weighted by Gasteiger charge is 2.07. The third-order valence-corrected chi connectivity index (χ3v) is 5.55. The molecule has 0 saturated heterocycles. The fourth-order valence-corrected chi connectivity index (χ4v) is 3.73. The molecule has 0 heterocycles. The van der Waals surface area contributed by atoms with Gasteiger partial charge in [0.25, 0.3) is 5.91 Å². The first-order valence-electron chi connectivity index (χ1n) is 9.63. The lowest BCUT2D eigenvalue weighted by Gasteiger charge is -2.08. The molecule has 0 unspecified atom stereocenters. The summed E-state index contributed by atoms with van der Waals surface area (Å²) in [4.78, 5) is 24.4. The molecule has 0 radical (unpaired) electrons. The molecule has 3 aromatic rings. The van der Waals surface area contributed by atoms with Crippen LogP contribution in [-0.4, -0.2) is 23.3 Å². The number of amides is 2. The smallest absolute Gasteiger partial charge is 0.255 e. The third kappa shape index (κ3) is 7.27. The maximum absolute atomic E-state index is 12.3. The van der Waals surface area contributed by atoms with E-state index in [1.54, 1.807) is 19.1 Å². The van der Waals surface area contributed by atoms with E-state index in [4.69, 9.17) is 11.6 Å². The number of nitrogens with zero attached hydrogens (tertiary/aromatic N) is 1. The first-order chi connectivity index (χ1) is 15.0. The zero-order valence-corrected chi connectivity index (χ0v) is 18.5. The van der Waals surface area contributed by atoms with Crippen LogP contribution >= 0.6 is 23.4 Å². The largest absolute Gasteiger partial charge is 0.322 e. The van der Waals surface area contributed by atoms with Gasteiger partial charge >= 0.3 is 0 Å². The number of nitrogens with one attached hydrogen (secondary N) is 2. The Morgan fingerprint density at radius 3 is 2.45 bits per heavy atom. The molecule has 31 heavy (non-hydrogen) atoms. The molecule has 2 amide bonds. The summed E-state index contributed by atoms with van der Waals surface area (Å²) in [5.41, 5.74) is 6.34. The maximum Gasteiger partial charge on any atom is 0.255 e. The number of thioether (sulfide) groups is 1. The van der Waals surface area contributed by atoms with Crippen molar-refractivity contribution in [1.29, 1.82) is 0 Å². The van der Waals surface area contributed by atoms with Crippen LogP contribution in [0, 0.1) is 0 Å². The van der Waals surface area contributed by atoms with Crippen molar-refractivity contribution in [3.8, 4) is 0 Å². The Morgan fingerprint density at radius 1 is 0.935 bits per heavy atom. The van der Waals surface area contributed by atoms with Crippen LogP contribution in [0.4, 0.5) is 5.69 Å². The molecule has 0 aromatic heterocycles. The van der Waals surface area contributed by atoms with Gasteiger partial charge in [-0.05, 0) is 54.4 Å². The second-order valence-electron chi connectivity index (χ2n) is 6.76. The van der Waals surface area contributed by atoms with Gasteiger partial charge in [-0.15, -0.1) is 11.8 Å². The number of anilines is 1. The lowest BCUT2D eigenvalue weighted by atomic mass is 10.1. The van der Waals surface area contributed by atoms with Gasteiger partial charge in [-0.1, -0.05) is 54.1 Å². The Balaban J connectivity index is 1.52. The van der Waals surface area contributed by atoms with Crippen molar-refractivity contribution in [2.45, 2.75) is 12.7 Å². The van der Waals surface area contributed by atoms with Gasteiger partial charge in [-0.25, -0.2) is 5.43 Å². The summed E-state index contributed by atoms with van der Waals surface area (Å²) in [7, 11) is 0. The van der Waals surface area contributed by atoms with E-state index >= 15 is 0 Å². The summed E-state index contributed by atoms with van der Waals surface area (Å²) >= 11 is 7.46. The minimum absolute atomic E-state index is 0.181. The van der Waals surface area contributed by atoms with Crippen molar-refractivity contribution in [3.05, 3.63) is 101 Å². The molecule has 0 spiro atoms. The van der Waals surface area contributed by atoms with Crippen molar-refractivity contribution in [2.24, 2.45) is 5.10 Å². The van der Waals surface area contributed by atoms with Gasteiger partial charge in [0.1, 0.15) is 0 Å². The summed E-state index contributed by atoms with van der Waals surface area (Å²) in [5, 5.41) is 7.74. The third-order valence-electron chi connectivity index (χ3n) is 4.31. The van der Waals surface area contributed by atoms with Gasteiger partial charge in [0, 0.05) is 22.0 Å². The summed E-state index contributed by atoms with van der Waals surface area (Å²) in [5.74, 6) is 0.619. The van der Waals surface area contributed by atoms with Crippen LogP contribution in [0.25, 0.3) is 0 Å². The number of carbonyl (C=O) groups excluding carboxylic acids is 2. The van der Waals surface area contributed by atoms with Crippen LogP contribution in [0.3, 0.4) is 0 Å². The molecule has 0 fully saturated rings. The van der Waals surface area contributed by atoms with Crippen LogP contribution < -0.4 is 10.7 Å². The first kappa shape index (κ1) is 22.6. The fraction of sp³-hybridized carbons (Fsp3) is 0.125. The lowest BCUT2D eigenvalue weighted by molar-refractivity contribution is -0.118. The highest BCUT2D eigenvalue weighted by molar-refractivity contribution is 7.99. The molecular formula is C24H22ClN3O2S. The van der Waals surface area contributed by atoms with E-state index in [-0.39, 0.29) is 17.6 Å². The highest BCUT2D eigenvalue weighted by Crippen LogP contribution is 2.16. The number of carbonyl (C=O) groups is 2. The van der Waals surface area contributed by atoms with Crippen LogP contribution in [0.15, 0.2) is 84.0 Å². The summed E-state index contributed by atoms with van der Waals surface area (Å²) in [6.07, 6.45) is 0. The highest BCUT2D eigenvalue weighted by atomic mass is 35.5. The Labute approximate surface area is 190 Å². The monoisotopic (exact) mass is 451 g/mol. The Hall–Kier alpha value is -3.09. The van der Waals surface area contributed by atoms with Gasteiger partial charge in [0.15, 0.2) is 0 Å². The first-order valence-corrected chi connectivity index (χ1v) is 11.2. The average Bonchev–Trinajstić information content (AvgIpc) is 2.78. The Kier molecular flexibility index (Phi) is 8.27. The lowest BCUT2D eigenvalue weighted by Crippen LogP contribution is -2.21. The number of hydrogen-bond acceptors (Lipinski definition) is 4. The van der Waals surface area contributed by atoms with E-state index < -0.39 is 0 Å². The van der Waals surface area contributed by atoms with Crippen molar-refractivity contribution < 1.29 is 9.59 Å². The number of hydrogen-bond donors (Lipinski definition) is 2. The summed E-state index contributed by atoms with van der Waals surface area (Å²) in [6.45, 7) is 1.80. The maximum atomic E-state index is 12.3. The molecule has 5 nitrogen and oxygen atoms in total. The zero-order chi connectivity index (χ0) is 22.1. The molecule has 158 valence electrons.